The van der Waals surface area contributed by atoms with E-state index in [2.05, 4.69) is 18.7 Å². The van der Waals surface area contributed by atoms with Crippen molar-refractivity contribution in [3.63, 3.8) is 0 Å². The van der Waals surface area contributed by atoms with Crippen LogP contribution in [0.25, 0.3) is 0 Å². The van der Waals surface area contributed by atoms with E-state index in [-0.39, 0.29) is 23.8 Å². The molecule has 3 rings (SSSR count). The zero-order valence-electron chi connectivity index (χ0n) is 16.3. The maximum Gasteiger partial charge on any atom is 0.247 e. The fourth-order valence-corrected chi connectivity index (χ4v) is 4.43. The predicted molar refractivity (Wildman–Crippen MR) is 99.3 cm³/mol. The molecule has 2 heterocycles. The number of carbonyl (C=O) groups excluding carboxylic acids is 3. The highest BCUT2D eigenvalue weighted by atomic mass is 16.2. The Labute approximate surface area is 156 Å². The number of hydrogen-bond donors (Lipinski definition) is 0. The highest BCUT2D eigenvalue weighted by Gasteiger charge is 2.42. The van der Waals surface area contributed by atoms with Crippen LogP contribution in [0.3, 0.4) is 0 Å². The molecule has 3 amide bonds. The third-order valence-electron chi connectivity index (χ3n) is 6.17. The van der Waals surface area contributed by atoms with Gasteiger partial charge in [-0.25, -0.2) is 0 Å². The van der Waals surface area contributed by atoms with E-state index in [1.165, 1.54) is 24.2 Å². The van der Waals surface area contributed by atoms with E-state index in [0.29, 0.717) is 51.0 Å². The van der Waals surface area contributed by atoms with Crippen LogP contribution in [0.1, 0.15) is 58.8 Å². The summed E-state index contributed by atoms with van der Waals surface area (Å²) in [6.45, 7) is 7.49. The quantitative estimate of drug-likeness (QED) is 0.700. The van der Waals surface area contributed by atoms with Crippen LogP contribution in [0.5, 0.6) is 0 Å². The van der Waals surface area contributed by atoms with Crippen LogP contribution in [0, 0.1) is 11.8 Å². The van der Waals surface area contributed by atoms with Gasteiger partial charge in [-0.2, -0.15) is 0 Å². The van der Waals surface area contributed by atoms with Crippen molar-refractivity contribution >= 4 is 17.7 Å². The van der Waals surface area contributed by atoms with Crippen LogP contribution >= 0.6 is 0 Å². The van der Waals surface area contributed by atoms with E-state index < -0.39 is 0 Å². The van der Waals surface area contributed by atoms with Gasteiger partial charge >= 0.3 is 0 Å². The molecule has 0 N–H and O–H groups in total. The summed E-state index contributed by atoms with van der Waals surface area (Å²) in [7, 11) is 0. The third kappa shape index (κ3) is 4.27. The third-order valence-corrected chi connectivity index (χ3v) is 6.17. The molecule has 3 fully saturated rings. The molecule has 2 aliphatic heterocycles. The average Bonchev–Trinajstić information content (AvgIpc) is 2.94. The molecule has 6 nitrogen and oxygen atoms in total. The number of imide groups is 1. The van der Waals surface area contributed by atoms with Gasteiger partial charge in [-0.3, -0.25) is 24.2 Å². The molecule has 1 saturated carbocycles. The molecule has 0 radical (unpaired) electrons. The Hall–Kier alpha value is -1.43. The molecule has 26 heavy (non-hydrogen) atoms. The van der Waals surface area contributed by atoms with Crippen molar-refractivity contribution < 1.29 is 14.4 Å². The zero-order valence-corrected chi connectivity index (χ0v) is 16.3. The molecule has 0 aromatic carbocycles. The van der Waals surface area contributed by atoms with Gasteiger partial charge in [0.15, 0.2) is 0 Å². The van der Waals surface area contributed by atoms with Crippen molar-refractivity contribution in [2.75, 3.05) is 32.7 Å². The maximum atomic E-state index is 12.7. The number of amides is 3. The molecular weight excluding hydrogens is 330 g/mol. The summed E-state index contributed by atoms with van der Waals surface area (Å²) in [6.07, 6.45) is 6.80. The van der Waals surface area contributed by atoms with Crippen LogP contribution < -0.4 is 0 Å². The maximum absolute atomic E-state index is 12.7. The van der Waals surface area contributed by atoms with Gasteiger partial charge in [0.05, 0.1) is 12.5 Å². The minimum atomic E-state index is -0.318. The number of hydrogen-bond acceptors (Lipinski definition) is 4. The normalized spacial score (nSPS) is 26.2. The Bertz CT molecular complexity index is 534. The van der Waals surface area contributed by atoms with Crippen LogP contribution in [0.4, 0.5) is 0 Å². The van der Waals surface area contributed by atoms with Crippen LogP contribution in [0.15, 0.2) is 0 Å². The molecular formula is C20H33N3O3. The molecule has 3 aliphatic rings. The predicted octanol–water partition coefficient (Wildman–Crippen LogP) is 1.88. The van der Waals surface area contributed by atoms with Crippen molar-refractivity contribution in [3.05, 3.63) is 0 Å². The average molecular weight is 364 g/mol. The van der Waals surface area contributed by atoms with Crippen molar-refractivity contribution in [2.24, 2.45) is 11.8 Å². The fraction of sp³-hybridized carbons (Fsp3) is 0.850. The molecule has 0 spiro atoms. The van der Waals surface area contributed by atoms with Gasteiger partial charge in [-0.1, -0.05) is 33.1 Å². The van der Waals surface area contributed by atoms with Crippen molar-refractivity contribution in [2.45, 2.75) is 64.8 Å². The van der Waals surface area contributed by atoms with Crippen molar-refractivity contribution in [3.8, 4) is 0 Å². The first-order chi connectivity index (χ1) is 12.5. The Morgan fingerprint density at radius 2 is 1.69 bits per heavy atom. The van der Waals surface area contributed by atoms with Gasteiger partial charge < -0.3 is 4.90 Å². The molecule has 0 aromatic rings. The lowest BCUT2D eigenvalue weighted by Crippen LogP contribution is -2.54. The second-order valence-electron chi connectivity index (χ2n) is 8.48. The van der Waals surface area contributed by atoms with Crippen LogP contribution in [0.2, 0.25) is 0 Å². The first kappa shape index (κ1) is 19.3. The van der Waals surface area contributed by atoms with Gasteiger partial charge in [-0.05, 0) is 25.2 Å². The standard InChI is InChI=1S/C20H33N3O3/c1-15(2)8-9-23-18(24)14-17(20(23)26)21-10-12-22(13-11-21)19(25)16-6-4-3-5-7-16/h15-17H,3-14H2,1-2H3. The number of carbonyl (C=O) groups is 3. The van der Waals surface area contributed by atoms with Crippen LogP contribution in [-0.2, 0) is 14.4 Å². The highest BCUT2D eigenvalue weighted by molar-refractivity contribution is 6.05. The van der Waals surface area contributed by atoms with E-state index in [9.17, 15) is 14.4 Å². The van der Waals surface area contributed by atoms with E-state index in [1.54, 1.807) is 0 Å². The molecule has 1 aliphatic carbocycles. The fourth-order valence-electron chi connectivity index (χ4n) is 4.43. The van der Waals surface area contributed by atoms with Gasteiger partial charge in [0.25, 0.3) is 0 Å². The molecule has 0 aromatic heterocycles. The van der Waals surface area contributed by atoms with Crippen molar-refractivity contribution in [1.29, 1.82) is 0 Å². The summed E-state index contributed by atoms with van der Waals surface area (Å²) in [6, 6.07) is -0.318. The second-order valence-corrected chi connectivity index (χ2v) is 8.48. The summed E-state index contributed by atoms with van der Waals surface area (Å²) >= 11 is 0. The smallest absolute Gasteiger partial charge is 0.247 e. The Kier molecular flexibility index (Phi) is 6.33. The molecule has 6 heteroatoms. The van der Waals surface area contributed by atoms with Crippen LogP contribution in [-0.4, -0.2) is 71.2 Å². The van der Waals surface area contributed by atoms with Gasteiger partial charge in [0, 0.05) is 38.6 Å². The first-order valence-corrected chi connectivity index (χ1v) is 10.3. The summed E-state index contributed by atoms with van der Waals surface area (Å²) in [5.41, 5.74) is 0. The number of piperazine rings is 1. The first-order valence-electron chi connectivity index (χ1n) is 10.3. The minimum Gasteiger partial charge on any atom is -0.340 e. The topological polar surface area (TPSA) is 60.9 Å². The molecule has 2 saturated heterocycles. The van der Waals surface area contributed by atoms with Gasteiger partial charge in [0.2, 0.25) is 17.7 Å². The summed E-state index contributed by atoms with van der Waals surface area (Å²) in [5, 5.41) is 0. The monoisotopic (exact) mass is 363 g/mol. The number of nitrogens with zero attached hydrogens (tertiary/aromatic N) is 3. The second kappa shape index (κ2) is 8.51. The lowest BCUT2D eigenvalue weighted by molar-refractivity contribution is -0.140. The largest absolute Gasteiger partial charge is 0.340 e. The molecule has 1 unspecified atom stereocenters. The lowest BCUT2D eigenvalue weighted by atomic mass is 9.88. The van der Waals surface area contributed by atoms with Gasteiger partial charge in [0.1, 0.15) is 0 Å². The molecule has 1 atom stereocenters. The lowest BCUT2D eigenvalue weighted by Gasteiger charge is -2.38. The van der Waals surface area contributed by atoms with E-state index in [0.717, 1.165) is 19.3 Å². The SMILES string of the molecule is CC(C)CCN1C(=O)CC(N2CCN(C(=O)C3CCCCC3)CC2)C1=O. The summed E-state index contributed by atoms with van der Waals surface area (Å²) < 4.78 is 0. The van der Waals surface area contributed by atoms with E-state index >= 15 is 0 Å². The zero-order chi connectivity index (χ0) is 18.7. The number of likely N-dealkylation sites (tertiary alicyclic amines) is 1. The Morgan fingerprint density at radius 3 is 2.31 bits per heavy atom. The Morgan fingerprint density at radius 1 is 1.04 bits per heavy atom. The summed E-state index contributed by atoms with van der Waals surface area (Å²) in [4.78, 5) is 43.1. The highest BCUT2D eigenvalue weighted by Crippen LogP contribution is 2.27. The van der Waals surface area contributed by atoms with E-state index in [1.807, 2.05) is 4.90 Å². The Balaban J connectivity index is 1.51. The van der Waals surface area contributed by atoms with Gasteiger partial charge in [-0.15, -0.1) is 0 Å². The van der Waals surface area contributed by atoms with Crippen molar-refractivity contribution in [1.82, 2.24) is 14.7 Å². The minimum absolute atomic E-state index is 0.0392. The number of rotatable bonds is 5. The molecule has 146 valence electrons. The summed E-state index contributed by atoms with van der Waals surface area (Å²) in [5.74, 6) is 0.904. The van der Waals surface area contributed by atoms with E-state index in [4.69, 9.17) is 0 Å². The molecule has 0 bridgehead atoms.